The molecule has 0 atom stereocenters. The molecular weight excluding hydrogens is 262 g/mol. The van der Waals surface area contributed by atoms with Crippen molar-refractivity contribution in [1.82, 2.24) is 4.98 Å². The van der Waals surface area contributed by atoms with Crippen LogP contribution in [-0.4, -0.2) is 19.7 Å². The first-order chi connectivity index (χ1) is 9.03. The largest absolute Gasteiger partial charge is 0.366 e. The number of aromatic nitrogens is 1. The Kier molecular flexibility index (Phi) is 4.01. The van der Waals surface area contributed by atoms with Gasteiger partial charge < -0.3 is 5.32 Å². The lowest BCUT2D eigenvalue weighted by Crippen LogP contribution is -2.10. The Labute approximate surface area is 112 Å². The molecule has 6 heteroatoms. The fourth-order valence-electron chi connectivity index (χ4n) is 1.56. The first kappa shape index (κ1) is 13.4. The summed E-state index contributed by atoms with van der Waals surface area (Å²) in [5.74, 6) is 0.697. The van der Waals surface area contributed by atoms with Crippen LogP contribution in [0, 0.1) is 0 Å². The Hall–Kier alpha value is -2.08. The molecule has 0 aliphatic carbocycles. The molecule has 0 saturated carbocycles. The van der Waals surface area contributed by atoms with Crippen LogP contribution in [0.4, 0.5) is 11.5 Å². The van der Waals surface area contributed by atoms with Crippen LogP contribution in [0.3, 0.4) is 0 Å². The predicted molar refractivity (Wildman–Crippen MR) is 76.5 cm³/mol. The number of rotatable bonds is 5. The summed E-state index contributed by atoms with van der Waals surface area (Å²) in [6.07, 6.45) is 2.59. The maximum atomic E-state index is 11.0. The number of nitrogens with one attached hydrogen (secondary N) is 2. The van der Waals surface area contributed by atoms with E-state index >= 15 is 0 Å². The van der Waals surface area contributed by atoms with Crippen LogP contribution >= 0.6 is 0 Å². The van der Waals surface area contributed by atoms with Crippen molar-refractivity contribution in [3.63, 3.8) is 0 Å². The van der Waals surface area contributed by atoms with E-state index in [1.807, 2.05) is 30.3 Å². The quantitative estimate of drug-likeness (QED) is 0.877. The summed E-state index contributed by atoms with van der Waals surface area (Å²) in [5, 5.41) is 3.16. The van der Waals surface area contributed by atoms with Crippen molar-refractivity contribution in [3.05, 3.63) is 54.2 Å². The summed E-state index contributed by atoms with van der Waals surface area (Å²) in [6.45, 7) is 0.673. The van der Waals surface area contributed by atoms with Gasteiger partial charge in [-0.1, -0.05) is 30.3 Å². The van der Waals surface area contributed by atoms with Gasteiger partial charge in [0.2, 0.25) is 10.0 Å². The Morgan fingerprint density at radius 2 is 1.84 bits per heavy atom. The molecule has 1 heterocycles. The second-order valence-corrected chi connectivity index (χ2v) is 5.89. The van der Waals surface area contributed by atoms with Crippen molar-refractivity contribution in [3.8, 4) is 0 Å². The third kappa shape index (κ3) is 4.59. The second-order valence-electron chi connectivity index (χ2n) is 4.15. The Balaban J connectivity index is 1.96. The van der Waals surface area contributed by atoms with Gasteiger partial charge in [0.15, 0.2) is 0 Å². The lowest BCUT2D eigenvalue weighted by atomic mass is 10.2. The average molecular weight is 277 g/mol. The highest BCUT2D eigenvalue weighted by molar-refractivity contribution is 7.92. The van der Waals surface area contributed by atoms with Crippen molar-refractivity contribution in [2.45, 2.75) is 6.54 Å². The molecule has 2 rings (SSSR count). The van der Waals surface area contributed by atoms with E-state index in [0.29, 0.717) is 18.1 Å². The molecule has 0 unspecified atom stereocenters. The van der Waals surface area contributed by atoms with Crippen LogP contribution in [-0.2, 0) is 16.6 Å². The first-order valence-electron chi connectivity index (χ1n) is 5.74. The van der Waals surface area contributed by atoms with Gasteiger partial charge in [-0.05, 0) is 17.7 Å². The Morgan fingerprint density at radius 3 is 2.42 bits per heavy atom. The molecule has 0 spiro atoms. The molecule has 19 heavy (non-hydrogen) atoms. The van der Waals surface area contributed by atoms with Gasteiger partial charge >= 0.3 is 0 Å². The molecule has 1 aromatic carbocycles. The van der Waals surface area contributed by atoms with E-state index in [1.54, 1.807) is 12.1 Å². The molecule has 100 valence electrons. The van der Waals surface area contributed by atoms with Gasteiger partial charge in [-0.3, -0.25) is 4.72 Å². The van der Waals surface area contributed by atoms with E-state index in [9.17, 15) is 8.42 Å². The highest BCUT2D eigenvalue weighted by Crippen LogP contribution is 2.11. The standard InChI is InChI=1S/C13H15N3O2S/c1-19(17,18)16-12-7-8-13(15-10-12)14-9-11-5-3-2-4-6-11/h2-8,10,16H,9H2,1H3,(H,14,15). The fourth-order valence-corrected chi connectivity index (χ4v) is 2.11. The molecule has 0 fully saturated rings. The molecule has 2 N–H and O–H groups in total. The summed E-state index contributed by atoms with van der Waals surface area (Å²) in [7, 11) is -3.26. The normalized spacial score (nSPS) is 11.0. The van der Waals surface area contributed by atoms with E-state index in [-0.39, 0.29) is 0 Å². The SMILES string of the molecule is CS(=O)(=O)Nc1ccc(NCc2ccccc2)nc1. The minimum absolute atomic E-state index is 0.452. The molecule has 0 bridgehead atoms. The van der Waals surface area contributed by atoms with Crippen LogP contribution in [0.2, 0.25) is 0 Å². The smallest absolute Gasteiger partial charge is 0.229 e. The number of benzene rings is 1. The average Bonchev–Trinajstić information content (AvgIpc) is 2.37. The molecule has 0 amide bonds. The van der Waals surface area contributed by atoms with Gasteiger partial charge in [-0.2, -0.15) is 0 Å². The van der Waals surface area contributed by atoms with Crippen molar-refractivity contribution < 1.29 is 8.42 Å². The van der Waals surface area contributed by atoms with E-state index in [1.165, 1.54) is 6.20 Å². The number of sulfonamides is 1. The molecule has 5 nitrogen and oxygen atoms in total. The maximum absolute atomic E-state index is 11.0. The maximum Gasteiger partial charge on any atom is 0.229 e. The van der Waals surface area contributed by atoms with E-state index in [4.69, 9.17) is 0 Å². The zero-order chi connectivity index (χ0) is 13.7. The fraction of sp³-hybridized carbons (Fsp3) is 0.154. The van der Waals surface area contributed by atoms with Crippen LogP contribution in [0.1, 0.15) is 5.56 Å². The summed E-state index contributed by atoms with van der Waals surface area (Å²) in [5.41, 5.74) is 1.61. The molecule has 2 aromatic rings. The second kappa shape index (κ2) is 5.71. The lowest BCUT2D eigenvalue weighted by molar-refractivity contribution is 0.607. The van der Waals surface area contributed by atoms with Crippen molar-refractivity contribution in [1.29, 1.82) is 0 Å². The van der Waals surface area contributed by atoms with Gasteiger partial charge in [-0.15, -0.1) is 0 Å². The van der Waals surface area contributed by atoms with Gasteiger partial charge in [0, 0.05) is 6.54 Å². The first-order valence-corrected chi connectivity index (χ1v) is 7.64. The van der Waals surface area contributed by atoms with E-state index in [0.717, 1.165) is 11.8 Å². The molecule has 0 aliphatic rings. The molecule has 0 saturated heterocycles. The summed E-state index contributed by atoms with van der Waals surface area (Å²) >= 11 is 0. The van der Waals surface area contributed by atoms with Crippen LogP contribution in [0.25, 0.3) is 0 Å². The van der Waals surface area contributed by atoms with Gasteiger partial charge in [-0.25, -0.2) is 13.4 Å². The zero-order valence-electron chi connectivity index (χ0n) is 10.5. The monoisotopic (exact) mass is 277 g/mol. The van der Waals surface area contributed by atoms with Gasteiger partial charge in [0.05, 0.1) is 18.1 Å². The molecule has 0 radical (unpaired) electrons. The Bertz CT molecular complexity index is 625. The third-order valence-electron chi connectivity index (χ3n) is 2.38. The van der Waals surface area contributed by atoms with Gasteiger partial charge in [0.25, 0.3) is 0 Å². The number of hydrogen-bond donors (Lipinski definition) is 2. The molecule has 1 aromatic heterocycles. The lowest BCUT2D eigenvalue weighted by Gasteiger charge is -2.07. The topological polar surface area (TPSA) is 71.1 Å². The zero-order valence-corrected chi connectivity index (χ0v) is 11.3. The van der Waals surface area contributed by atoms with Crippen molar-refractivity contribution in [2.75, 3.05) is 16.3 Å². The summed E-state index contributed by atoms with van der Waals surface area (Å²) in [4.78, 5) is 4.14. The number of pyridine rings is 1. The summed E-state index contributed by atoms with van der Waals surface area (Å²) in [6, 6.07) is 13.4. The van der Waals surface area contributed by atoms with Crippen LogP contribution in [0.5, 0.6) is 0 Å². The minimum Gasteiger partial charge on any atom is -0.366 e. The number of hydrogen-bond acceptors (Lipinski definition) is 4. The number of nitrogens with zero attached hydrogens (tertiary/aromatic N) is 1. The van der Waals surface area contributed by atoms with Crippen molar-refractivity contribution in [2.24, 2.45) is 0 Å². The number of anilines is 2. The van der Waals surface area contributed by atoms with Crippen LogP contribution < -0.4 is 10.0 Å². The van der Waals surface area contributed by atoms with E-state index in [2.05, 4.69) is 15.0 Å². The highest BCUT2D eigenvalue weighted by Gasteiger charge is 2.02. The van der Waals surface area contributed by atoms with Crippen molar-refractivity contribution >= 4 is 21.5 Å². The third-order valence-corrected chi connectivity index (χ3v) is 2.99. The minimum atomic E-state index is -3.26. The molecular formula is C13H15N3O2S. The van der Waals surface area contributed by atoms with E-state index < -0.39 is 10.0 Å². The highest BCUT2D eigenvalue weighted by atomic mass is 32.2. The predicted octanol–water partition coefficient (Wildman–Crippen LogP) is 2.07. The Morgan fingerprint density at radius 1 is 1.11 bits per heavy atom. The van der Waals surface area contributed by atoms with Crippen LogP contribution in [0.15, 0.2) is 48.7 Å². The molecule has 0 aliphatic heterocycles. The van der Waals surface area contributed by atoms with Gasteiger partial charge in [0.1, 0.15) is 5.82 Å². The summed E-state index contributed by atoms with van der Waals surface area (Å²) < 4.78 is 24.4.